The third kappa shape index (κ3) is 4.00. The number of rotatable bonds is 5. The molecular formula is C26H18Cl2N4O4. The first kappa shape index (κ1) is 23.6. The molecule has 0 unspecified atom stereocenters. The lowest BCUT2D eigenvalue weighted by atomic mass is 10.1. The van der Waals surface area contributed by atoms with E-state index in [0.717, 1.165) is 4.57 Å². The maximum Gasteiger partial charge on any atom is 0.335 e. The van der Waals surface area contributed by atoms with Gasteiger partial charge >= 0.3 is 11.7 Å². The van der Waals surface area contributed by atoms with Crippen molar-refractivity contribution >= 4 is 40.3 Å². The van der Waals surface area contributed by atoms with E-state index in [9.17, 15) is 19.5 Å². The van der Waals surface area contributed by atoms with E-state index in [0.29, 0.717) is 32.7 Å². The summed E-state index contributed by atoms with van der Waals surface area (Å²) >= 11 is 12.6. The van der Waals surface area contributed by atoms with Crippen molar-refractivity contribution < 1.29 is 9.90 Å². The summed E-state index contributed by atoms with van der Waals surface area (Å²) in [6, 6.07) is 20.2. The van der Waals surface area contributed by atoms with Gasteiger partial charge < -0.3 is 5.11 Å². The topological polar surface area (TPSA) is 99.1 Å². The lowest BCUT2D eigenvalue weighted by Crippen LogP contribution is -2.39. The summed E-state index contributed by atoms with van der Waals surface area (Å²) in [4.78, 5) is 42.6. The fourth-order valence-electron chi connectivity index (χ4n) is 4.05. The molecule has 0 saturated carbocycles. The van der Waals surface area contributed by atoms with Crippen molar-refractivity contribution in [2.45, 2.75) is 6.54 Å². The first-order valence-corrected chi connectivity index (χ1v) is 11.6. The highest BCUT2D eigenvalue weighted by molar-refractivity contribution is 6.33. The average Bonchev–Trinajstić information content (AvgIpc) is 3.26. The van der Waals surface area contributed by atoms with Crippen molar-refractivity contribution in [1.29, 1.82) is 0 Å². The molecule has 1 N–H and O–H groups in total. The molecule has 2 heterocycles. The highest BCUT2D eigenvalue weighted by Gasteiger charge is 2.23. The van der Waals surface area contributed by atoms with E-state index in [1.165, 1.54) is 23.7 Å². The molecule has 8 nitrogen and oxygen atoms in total. The Morgan fingerprint density at radius 2 is 1.61 bits per heavy atom. The number of benzene rings is 3. The minimum absolute atomic E-state index is 0.0724. The number of aromatic nitrogens is 4. The van der Waals surface area contributed by atoms with Crippen LogP contribution >= 0.6 is 23.2 Å². The molecule has 0 amide bonds. The van der Waals surface area contributed by atoms with Gasteiger partial charge in [0.25, 0.3) is 5.56 Å². The molecular weight excluding hydrogens is 503 g/mol. The van der Waals surface area contributed by atoms with Crippen LogP contribution in [0.5, 0.6) is 0 Å². The monoisotopic (exact) mass is 520 g/mol. The number of imidazole rings is 1. The highest BCUT2D eigenvalue weighted by Crippen LogP contribution is 2.32. The summed E-state index contributed by atoms with van der Waals surface area (Å²) in [5, 5.41) is 10.1. The summed E-state index contributed by atoms with van der Waals surface area (Å²) in [6.07, 6.45) is 0. The summed E-state index contributed by atoms with van der Waals surface area (Å²) in [6.45, 7) is 0.0724. The molecule has 0 fully saturated rings. The van der Waals surface area contributed by atoms with Gasteiger partial charge in [-0.1, -0.05) is 47.5 Å². The van der Waals surface area contributed by atoms with Gasteiger partial charge in [0.15, 0.2) is 11.2 Å². The smallest absolute Gasteiger partial charge is 0.335 e. The number of fused-ring (bicyclic) bond motifs is 1. The lowest BCUT2D eigenvalue weighted by molar-refractivity contribution is 0.0697. The number of carbonyl (C=O) groups is 1. The Hall–Kier alpha value is -4.14. The Labute approximate surface area is 214 Å². The van der Waals surface area contributed by atoms with Crippen LogP contribution in [0.3, 0.4) is 0 Å². The molecule has 5 aromatic rings. The largest absolute Gasteiger partial charge is 0.478 e. The third-order valence-electron chi connectivity index (χ3n) is 5.88. The van der Waals surface area contributed by atoms with Crippen LogP contribution in [0.2, 0.25) is 10.0 Å². The predicted octanol–water partition coefficient (Wildman–Crippen LogP) is 4.61. The number of hydrogen-bond donors (Lipinski definition) is 1. The zero-order valence-corrected chi connectivity index (χ0v) is 20.4. The van der Waals surface area contributed by atoms with Gasteiger partial charge in [0.1, 0.15) is 5.82 Å². The fraction of sp³-hybridized carbons (Fsp3) is 0.0769. The maximum atomic E-state index is 13.4. The van der Waals surface area contributed by atoms with Crippen molar-refractivity contribution in [2.24, 2.45) is 7.05 Å². The molecule has 0 bridgehead atoms. The number of halogens is 2. The van der Waals surface area contributed by atoms with Crippen LogP contribution < -0.4 is 11.2 Å². The van der Waals surface area contributed by atoms with Gasteiger partial charge in [0, 0.05) is 23.3 Å². The predicted molar refractivity (Wildman–Crippen MR) is 139 cm³/mol. The van der Waals surface area contributed by atoms with E-state index in [-0.39, 0.29) is 23.3 Å². The molecule has 0 aliphatic rings. The zero-order chi connectivity index (χ0) is 25.6. The summed E-state index contributed by atoms with van der Waals surface area (Å²) < 4.78 is 4.08. The second-order valence-corrected chi connectivity index (χ2v) is 8.98. The van der Waals surface area contributed by atoms with Crippen LogP contribution in [0.15, 0.2) is 82.4 Å². The standard InChI is InChI=1S/C26H18Cl2N4O4/c1-30-24(33)21-23(31(26(30)36)14-15-6-8-16(9-7-15)25(34)35)29-22(19-4-2-3-5-20(19)28)32(21)18-12-10-17(27)11-13-18/h2-13H,14H2,1H3,(H,34,35). The first-order valence-electron chi connectivity index (χ1n) is 10.8. The van der Waals surface area contributed by atoms with E-state index in [2.05, 4.69) is 0 Å². The van der Waals surface area contributed by atoms with Crippen LogP contribution in [0.25, 0.3) is 28.2 Å². The molecule has 0 spiro atoms. The van der Waals surface area contributed by atoms with Crippen LogP contribution in [0.4, 0.5) is 0 Å². The summed E-state index contributed by atoms with van der Waals surface area (Å²) in [7, 11) is 1.41. The maximum absolute atomic E-state index is 13.4. The Morgan fingerprint density at radius 1 is 0.944 bits per heavy atom. The fourth-order valence-corrected chi connectivity index (χ4v) is 4.39. The molecule has 36 heavy (non-hydrogen) atoms. The van der Waals surface area contributed by atoms with Gasteiger partial charge in [0.2, 0.25) is 0 Å². The molecule has 10 heteroatoms. The van der Waals surface area contributed by atoms with E-state index < -0.39 is 17.2 Å². The van der Waals surface area contributed by atoms with Crippen molar-refractivity contribution in [3.8, 4) is 17.1 Å². The minimum atomic E-state index is -1.05. The zero-order valence-electron chi connectivity index (χ0n) is 18.9. The highest BCUT2D eigenvalue weighted by atomic mass is 35.5. The van der Waals surface area contributed by atoms with Crippen LogP contribution in [0, 0.1) is 0 Å². The van der Waals surface area contributed by atoms with Gasteiger partial charge in [0.05, 0.1) is 17.1 Å². The number of aromatic carboxylic acids is 1. The van der Waals surface area contributed by atoms with Crippen LogP contribution in [0.1, 0.15) is 15.9 Å². The van der Waals surface area contributed by atoms with Gasteiger partial charge in [-0.05, 0) is 54.1 Å². The van der Waals surface area contributed by atoms with Crippen molar-refractivity contribution in [2.75, 3.05) is 0 Å². The minimum Gasteiger partial charge on any atom is -0.478 e. The van der Waals surface area contributed by atoms with Crippen LogP contribution in [-0.2, 0) is 13.6 Å². The summed E-state index contributed by atoms with van der Waals surface area (Å²) in [5.41, 5.74) is 1.29. The third-order valence-corrected chi connectivity index (χ3v) is 6.46. The summed E-state index contributed by atoms with van der Waals surface area (Å²) in [5.74, 6) is -0.662. The lowest BCUT2D eigenvalue weighted by Gasteiger charge is -2.12. The Balaban J connectivity index is 1.83. The van der Waals surface area contributed by atoms with E-state index in [1.807, 2.05) is 6.07 Å². The van der Waals surface area contributed by atoms with Crippen LogP contribution in [-0.4, -0.2) is 29.8 Å². The molecule has 0 radical (unpaired) electrons. The second-order valence-electron chi connectivity index (χ2n) is 8.13. The van der Waals surface area contributed by atoms with Crippen molar-refractivity contribution in [3.63, 3.8) is 0 Å². The number of hydrogen-bond acceptors (Lipinski definition) is 4. The molecule has 0 atom stereocenters. The molecule has 0 saturated heterocycles. The molecule has 5 rings (SSSR count). The van der Waals surface area contributed by atoms with Gasteiger partial charge in [-0.2, -0.15) is 0 Å². The quantitative estimate of drug-likeness (QED) is 0.364. The number of nitrogens with zero attached hydrogens (tertiary/aromatic N) is 4. The number of carboxylic acid groups (broad SMARTS) is 1. The molecule has 180 valence electrons. The van der Waals surface area contributed by atoms with Gasteiger partial charge in [-0.25, -0.2) is 14.6 Å². The SMILES string of the molecule is Cn1c(=O)c2c(nc(-c3ccccc3Cl)n2-c2ccc(Cl)cc2)n(Cc2ccc(C(=O)O)cc2)c1=O. The van der Waals surface area contributed by atoms with E-state index in [1.54, 1.807) is 59.2 Å². The Bertz CT molecular complexity index is 1750. The second kappa shape index (κ2) is 9.14. The molecule has 2 aromatic heterocycles. The van der Waals surface area contributed by atoms with E-state index >= 15 is 0 Å². The van der Waals surface area contributed by atoms with Gasteiger partial charge in [-0.15, -0.1) is 0 Å². The molecule has 0 aliphatic heterocycles. The molecule has 3 aromatic carbocycles. The average molecular weight is 521 g/mol. The number of carboxylic acids is 1. The molecule has 0 aliphatic carbocycles. The first-order chi connectivity index (χ1) is 17.3. The Kier molecular flexibility index (Phi) is 5.99. The van der Waals surface area contributed by atoms with E-state index in [4.69, 9.17) is 28.2 Å². The Morgan fingerprint density at radius 3 is 2.25 bits per heavy atom. The van der Waals surface area contributed by atoms with Crippen molar-refractivity contribution in [3.05, 3.63) is 115 Å². The normalized spacial score (nSPS) is 11.2. The van der Waals surface area contributed by atoms with Gasteiger partial charge in [-0.3, -0.25) is 18.5 Å². The van der Waals surface area contributed by atoms with Crippen molar-refractivity contribution in [1.82, 2.24) is 18.7 Å².